The Morgan fingerprint density at radius 3 is 2.45 bits per heavy atom. The lowest BCUT2D eigenvalue weighted by Crippen LogP contribution is -2.50. The van der Waals surface area contributed by atoms with Crippen LogP contribution in [0, 0.1) is 23.5 Å². The first-order valence-electron chi connectivity index (χ1n) is 10.6. The van der Waals surface area contributed by atoms with E-state index in [2.05, 4.69) is 10.3 Å². The number of nitrogens with two attached hydrogens (primary N) is 1. The molecule has 174 valence electrons. The highest BCUT2D eigenvalue weighted by Gasteiger charge is 2.34. The molecule has 0 radical (unpaired) electrons. The van der Waals surface area contributed by atoms with Crippen molar-refractivity contribution in [3.8, 4) is 0 Å². The summed E-state index contributed by atoms with van der Waals surface area (Å²) < 4.78 is 26.7. The van der Waals surface area contributed by atoms with E-state index in [0.717, 1.165) is 12.1 Å². The van der Waals surface area contributed by atoms with Crippen LogP contribution in [0.4, 0.5) is 14.5 Å². The maximum absolute atomic E-state index is 13.5. The first-order valence-corrected chi connectivity index (χ1v) is 10.6. The molecule has 33 heavy (non-hydrogen) atoms. The largest absolute Gasteiger partial charge is 0.368 e. The zero-order valence-electron chi connectivity index (χ0n) is 18.6. The predicted molar refractivity (Wildman–Crippen MR) is 121 cm³/mol. The van der Waals surface area contributed by atoms with Crippen LogP contribution in [0.2, 0.25) is 0 Å². The van der Waals surface area contributed by atoms with Crippen LogP contribution < -0.4 is 16.0 Å². The summed E-state index contributed by atoms with van der Waals surface area (Å²) in [7, 11) is 0. The molecule has 3 rings (SSSR count). The van der Waals surface area contributed by atoms with Gasteiger partial charge in [-0.15, -0.1) is 0 Å². The molecule has 0 saturated carbocycles. The molecule has 2 atom stereocenters. The van der Waals surface area contributed by atoms with Gasteiger partial charge in [-0.2, -0.15) is 0 Å². The van der Waals surface area contributed by atoms with Crippen LogP contribution in [0.25, 0.3) is 0 Å². The molecule has 0 bridgehead atoms. The molecule has 1 aliphatic rings. The molecule has 2 aromatic carbocycles. The van der Waals surface area contributed by atoms with Gasteiger partial charge in [-0.25, -0.2) is 8.78 Å². The number of carbonyl (C=O) groups excluding carboxylic acids is 3. The monoisotopic (exact) mass is 456 g/mol. The summed E-state index contributed by atoms with van der Waals surface area (Å²) in [6, 6.07) is 10.5. The molecule has 1 heterocycles. The lowest BCUT2D eigenvalue weighted by atomic mass is 9.98. The minimum absolute atomic E-state index is 0.0773. The number of hydrogen-bond acceptors (Lipinski definition) is 4. The van der Waals surface area contributed by atoms with Crippen molar-refractivity contribution in [1.82, 2.24) is 5.32 Å². The van der Waals surface area contributed by atoms with Crippen molar-refractivity contribution in [2.45, 2.75) is 33.4 Å². The number of nitrogens with zero attached hydrogens (tertiary/aromatic N) is 2. The normalized spacial score (nSPS) is 16.7. The van der Waals surface area contributed by atoms with Gasteiger partial charge < -0.3 is 11.1 Å². The molecular formula is C24H26F2N4O3. The summed E-state index contributed by atoms with van der Waals surface area (Å²) in [5.74, 6) is -4.49. The quantitative estimate of drug-likeness (QED) is 0.669. The molecule has 3 N–H and O–H groups in total. The summed E-state index contributed by atoms with van der Waals surface area (Å²) in [6.45, 7) is 5.07. The fourth-order valence-electron chi connectivity index (χ4n) is 3.72. The standard InChI is InChI=1S/C24H26F2N4O3/c1-13(2)21-16-6-4-5-7-19(16)30(12-20(27)31)24(33)22(28-21)29-23(32)14(3)10-15-8-9-17(25)18(26)11-15/h4-9,11,13-14,22H,10,12H2,1-3H3,(H2,27,31)(H,29,32)/t14-,22?/m0/s1. The van der Waals surface area contributed by atoms with Crippen molar-refractivity contribution in [1.29, 1.82) is 0 Å². The number of primary amides is 1. The fraction of sp³-hybridized carbons (Fsp3) is 0.333. The number of benzodiazepines with no additional fused rings is 1. The van der Waals surface area contributed by atoms with Gasteiger partial charge in [-0.1, -0.05) is 45.0 Å². The van der Waals surface area contributed by atoms with Gasteiger partial charge in [0.2, 0.25) is 18.0 Å². The second-order valence-corrected chi connectivity index (χ2v) is 8.34. The molecule has 0 aromatic heterocycles. The molecule has 2 aromatic rings. The van der Waals surface area contributed by atoms with Gasteiger partial charge in [-0.05, 0) is 36.1 Å². The summed E-state index contributed by atoms with van der Waals surface area (Å²) in [6.07, 6.45) is -1.13. The molecule has 9 heteroatoms. The number of halogens is 2. The summed E-state index contributed by atoms with van der Waals surface area (Å²) in [5.41, 5.74) is 7.58. The Labute approximate surface area is 190 Å². The molecule has 0 fully saturated rings. The Bertz CT molecular complexity index is 1120. The zero-order chi connectivity index (χ0) is 24.3. The SMILES string of the molecule is CC(C)C1=NC(NC(=O)[C@@H](C)Cc2ccc(F)c(F)c2)C(=O)N(CC(N)=O)c2ccccc21. The highest BCUT2D eigenvalue weighted by atomic mass is 19.2. The van der Waals surface area contributed by atoms with Crippen LogP contribution in [0.1, 0.15) is 31.9 Å². The Morgan fingerprint density at radius 1 is 1.12 bits per heavy atom. The van der Waals surface area contributed by atoms with E-state index in [9.17, 15) is 23.2 Å². The van der Waals surface area contributed by atoms with Crippen molar-refractivity contribution >= 4 is 29.1 Å². The van der Waals surface area contributed by atoms with Gasteiger partial charge in [0.1, 0.15) is 6.54 Å². The number of fused-ring (bicyclic) bond motifs is 1. The smallest absolute Gasteiger partial charge is 0.272 e. The highest BCUT2D eigenvalue weighted by molar-refractivity contribution is 6.15. The van der Waals surface area contributed by atoms with Gasteiger partial charge >= 0.3 is 0 Å². The Kier molecular flexibility index (Phi) is 7.20. The van der Waals surface area contributed by atoms with Crippen LogP contribution >= 0.6 is 0 Å². The minimum Gasteiger partial charge on any atom is -0.368 e. The topological polar surface area (TPSA) is 105 Å². The van der Waals surface area contributed by atoms with E-state index in [0.29, 0.717) is 22.5 Å². The van der Waals surface area contributed by atoms with E-state index in [4.69, 9.17) is 5.73 Å². The Balaban J connectivity index is 1.89. The first kappa shape index (κ1) is 24.0. The van der Waals surface area contributed by atoms with E-state index in [-0.39, 0.29) is 18.9 Å². The van der Waals surface area contributed by atoms with Crippen LogP contribution in [0.15, 0.2) is 47.5 Å². The number of nitrogens with one attached hydrogen (secondary N) is 1. The number of para-hydroxylation sites is 1. The van der Waals surface area contributed by atoms with Gasteiger partial charge in [0, 0.05) is 17.2 Å². The average molecular weight is 456 g/mol. The second-order valence-electron chi connectivity index (χ2n) is 8.34. The number of aliphatic imine (C=N–C) groups is 1. The molecular weight excluding hydrogens is 430 g/mol. The van der Waals surface area contributed by atoms with Crippen LogP contribution in [0.5, 0.6) is 0 Å². The van der Waals surface area contributed by atoms with Gasteiger partial charge in [0.15, 0.2) is 11.6 Å². The summed E-state index contributed by atoms with van der Waals surface area (Å²) in [5, 5.41) is 2.64. The van der Waals surface area contributed by atoms with Crippen molar-refractivity contribution in [3.63, 3.8) is 0 Å². The third-order valence-corrected chi connectivity index (χ3v) is 5.35. The van der Waals surface area contributed by atoms with Crippen molar-refractivity contribution in [3.05, 3.63) is 65.2 Å². The molecule has 0 spiro atoms. The molecule has 7 nitrogen and oxygen atoms in total. The molecule has 1 aliphatic heterocycles. The highest BCUT2D eigenvalue weighted by Crippen LogP contribution is 2.28. The zero-order valence-corrected chi connectivity index (χ0v) is 18.6. The van der Waals surface area contributed by atoms with E-state index in [1.165, 1.54) is 11.0 Å². The van der Waals surface area contributed by atoms with Crippen LogP contribution in [-0.4, -0.2) is 36.1 Å². The summed E-state index contributed by atoms with van der Waals surface area (Å²) in [4.78, 5) is 43.7. The molecule has 1 unspecified atom stereocenters. The van der Waals surface area contributed by atoms with Gasteiger partial charge in [-0.3, -0.25) is 24.3 Å². The number of anilines is 1. The Morgan fingerprint density at radius 2 is 1.82 bits per heavy atom. The maximum Gasteiger partial charge on any atom is 0.272 e. The Hall–Kier alpha value is -3.62. The first-order chi connectivity index (χ1) is 15.6. The fourth-order valence-corrected chi connectivity index (χ4v) is 3.72. The van der Waals surface area contributed by atoms with Crippen molar-refractivity contribution < 1.29 is 23.2 Å². The van der Waals surface area contributed by atoms with Crippen molar-refractivity contribution in [2.24, 2.45) is 22.6 Å². The van der Waals surface area contributed by atoms with E-state index in [1.54, 1.807) is 31.2 Å². The number of hydrogen-bond donors (Lipinski definition) is 2. The van der Waals surface area contributed by atoms with Crippen LogP contribution in [0.3, 0.4) is 0 Å². The number of carbonyl (C=O) groups is 3. The minimum atomic E-state index is -1.27. The lowest BCUT2D eigenvalue weighted by molar-refractivity contribution is -0.129. The van der Waals surface area contributed by atoms with Crippen LogP contribution in [-0.2, 0) is 20.8 Å². The number of rotatable bonds is 7. The maximum atomic E-state index is 13.5. The van der Waals surface area contributed by atoms with E-state index < -0.39 is 41.4 Å². The molecule has 0 saturated heterocycles. The van der Waals surface area contributed by atoms with E-state index >= 15 is 0 Å². The third-order valence-electron chi connectivity index (χ3n) is 5.35. The lowest BCUT2D eigenvalue weighted by Gasteiger charge is -2.24. The molecule has 0 aliphatic carbocycles. The number of benzene rings is 2. The third kappa shape index (κ3) is 5.42. The van der Waals surface area contributed by atoms with Gasteiger partial charge in [0.05, 0.1) is 5.69 Å². The second kappa shape index (κ2) is 9.89. The number of amides is 3. The van der Waals surface area contributed by atoms with Gasteiger partial charge in [0.25, 0.3) is 5.91 Å². The van der Waals surface area contributed by atoms with E-state index in [1.807, 2.05) is 13.8 Å². The molecule has 3 amide bonds. The average Bonchev–Trinajstić information content (AvgIpc) is 2.86. The van der Waals surface area contributed by atoms with Crippen molar-refractivity contribution in [2.75, 3.05) is 11.4 Å². The summed E-state index contributed by atoms with van der Waals surface area (Å²) >= 11 is 0. The predicted octanol–water partition coefficient (Wildman–Crippen LogP) is 2.56.